The average molecular weight is 280 g/mol. The average Bonchev–Trinajstić information content (AvgIpc) is 2.02. The Morgan fingerprint density at radius 2 is 2.07 bits per heavy atom. The van der Waals surface area contributed by atoms with Gasteiger partial charge in [-0.1, -0.05) is 15.9 Å². The topological polar surface area (TPSA) is 80.4 Å². The Bertz CT molecular complexity index is 430. The van der Waals surface area contributed by atoms with Crippen molar-refractivity contribution in [3.63, 3.8) is 0 Å². The first-order valence-electron chi connectivity index (χ1n) is 3.87. The van der Waals surface area contributed by atoms with Gasteiger partial charge in [-0.15, -0.1) is 0 Å². The summed E-state index contributed by atoms with van der Waals surface area (Å²) in [5.74, 6) is 0. The molecule has 0 saturated carbocycles. The van der Waals surface area contributed by atoms with Crippen molar-refractivity contribution in [3.05, 3.63) is 28.2 Å². The van der Waals surface area contributed by atoms with Gasteiger partial charge in [0.2, 0.25) is 10.0 Å². The van der Waals surface area contributed by atoms with Crippen LogP contribution in [0.5, 0.6) is 0 Å². The first kappa shape index (κ1) is 11.6. The van der Waals surface area contributed by atoms with Gasteiger partial charge in [-0.25, -0.2) is 13.6 Å². The van der Waals surface area contributed by atoms with Crippen LogP contribution in [-0.4, -0.2) is 20.1 Å². The highest BCUT2D eigenvalue weighted by atomic mass is 79.9. The molecule has 0 atom stereocenters. The summed E-state index contributed by atoms with van der Waals surface area (Å²) in [6.07, 6.45) is 0.269. The third-order valence-electron chi connectivity index (χ3n) is 1.71. The SMILES string of the molecule is NS(=O)(=O)c1ccc(Br)cc1CCO. The van der Waals surface area contributed by atoms with Crippen LogP contribution in [0.2, 0.25) is 0 Å². The Hall–Kier alpha value is -0.430. The zero-order valence-electron chi connectivity index (χ0n) is 7.27. The molecule has 0 saturated heterocycles. The van der Waals surface area contributed by atoms with Crippen LogP contribution in [0.3, 0.4) is 0 Å². The summed E-state index contributed by atoms with van der Waals surface area (Å²) in [4.78, 5) is 0.0646. The fraction of sp³-hybridized carbons (Fsp3) is 0.250. The molecule has 0 aromatic heterocycles. The summed E-state index contributed by atoms with van der Waals surface area (Å²) in [6, 6.07) is 4.65. The van der Waals surface area contributed by atoms with Crippen LogP contribution in [0.4, 0.5) is 0 Å². The Morgan fingerprint density at radius 1 is 1.43 bits per heavy atom. The molecule has 0 spiro atoms. The van der Waals surface area contributed by atoms with Crippen molar-refractivity contribution in [3.8, 4) is 0 Å². The van der Waals surface area contributed by atoms with Gasteiger partial charge in [-0.2, -0.15) is 0 Å². The molecule has 14 heavy (non-hydrogen) atoms. The van der Waals surface area contributed by atoms with Gasteiger partial charge in [-0.05, 0) is 30.2 Å². The van der Waals surface area contributed by atoms with Crippen molar-refractivity contribution < 1.29 is 13.5 Å². The van der Waals surface area contributed by atoms with Gasteiger partial charge in [0, 0.05) is 11.1 Å². The van der Waals surface area contributed by atoms with Gasteiger partial charge in [-0.3, -0.25) is 0 Å². The maximum Gasteiger partial charge on any atom is 0.238 e. The lowest BCUT2D eigenvalue weighted by atomic mass is 10.2. The van der Waals surface area contributed by atoms with Gasteiger partial charge in [0.05, 0.1) is 4.90 Å². The van der Waals surface area contributed by atoms with E-state index in [0.717, 1.165) is 4.47 Å². The molecular weight excluding hydrogens is 270 g/mol. The van der Waals surface area contributed by atoms with Crippen LogP contribution >= 0.6 is 15.9 Å². The Morgan fingerprint density at radius 3 is 2.57 bits per heavy atom. The maximum atomic E-state index is 11.1. The first-order valence-corrected chi connectivity index (χ1v) is 6.21. The van der Waals surface area contributed by atoms with Crippen LogP contribution in [0.1, 0.15) is 5.56 Å². The summed E-state index contributed by atoms with van der Waals surface area (Å²) >= 11 is 3.22. The number of rotatable bonds is 3. The van der Waals surface area contributed by atoms with Crippen molar-refractivity contribution in [2.24, 2.45) is 5.14 Å². The van der Waals surface area contributed by atoms with E-state index in [4.69, 9.17) is 10.2 Å². The van der Waals surface area contributed by atoms with Gasteiger partial charge in [0.25, 0.3) is 0 Å². The van der Waals surface area contributed by atoms with Crippen molar-refractivity contribution in [1.82, 2.24) is 0 Å². The second kappa shape index (κ2) is 4.39. The molecule has 1 aromatic rings. The lowest BCUT2D eigenvalue weighted by molar-refractivity contribution is 0.298. The Labute approximate surface area is 90.9 Å². The summed E-state index contributed by atoms with van der Waals surface area (Å²) in [6.45, 7) is -0.112. The fourth-order valence-corrected chi connectivity index (χ4v) is 2.33. The lowest BCUT2D eigenvalue weighted by Crippen LogP contribution is -2.15. The molecule has 4 nitrogen and oxygen atoms in total. The van der Waals surface area contributed by atoms with E-state index in [2.05, 4.69) is 15.9 Å². The number of aliphatic hydroxyl groups excluding tert-OH is 1. The molecule has 1 aromatic carbocycles. The molecule has 3 N–H and O–H groups in total. The highest BCUT2D eigenvalue weighted by Gasteiger charge is 2.13. The molecule has 6 heteroatoms. The highest BCUT2D eigenvalue weighted by molar-refractivity contribution is 9.10. The summed E-state index contributed by atoms with van der Waals surface area (Å²) in [5, 5.41) is 13.8. The number of hydrogen-bond acceptors (Lipinski definition) is 3. The molecule has 1 rings (SSSR count). The van der Waals surface area contributed by atoms with Crippen LogP contribution < -0.4 is 5.14 Å². The number of sulfonamides is 1. The molecule has 0 radical (unpaired) electrons. The zero-order chi connectivity index (χ0) is 10.8. The third kappa shape index (κ3) is 2.78. The molecule has 0 aliphatic rings. The largest absolute Gasteiger partial charge is 0.396 e. The number of halogens is 1. The minimum atomic E-state index is -3.70. The molecule has 0 aliphatic carbocycles. The summed E-state index contributed by atoms with van der Waals surface area (Å²) < 4.78 is 23.0. The van der Waals surface area contributed by atoms with E-state index in [-0.39, 0.29) is 17.9 Å². The molecule has 0 aliphatic heterocycles. The van der Waals surface area contributed by atoms with E-state index in [1.54, 1.807) is 12.1 Å². The van der Waals surface area contributed by atoms with Crippen molar-refractivity contribution in [1.29, 1.82) is 0 Å². The van der Waals surface area contributed by atoms with Gasteiger partial charge < -0.3 is 5.11 Å². The van der Waals surface area contributed by atoms with E-state index >= 15 is 0 Å². The van der Waals surface area contributed by atoms with Crippen LogP contribution in [0.25, 0.3) is 0 Å². The molecular formula is C8H10BrNO3S. The van der Waals surface area contributed by atoms with Crippen LogP contribution in [0, 0.1) is 0 Å². The second-order valence-corrected chi connectivity index (χ2v) is 5.22. The maximum absolute atomic E-state index is 11.1. The van der Waals surface area contributed by atoms with Gasteiger partial charge in [0.1, 0.15) is 0 Å². The van der Waals surface area contributed by atoms with Gasteiger partial charge in [0.15, 0.2) is 0 Å². The zero-order valence-corrected chi connectivity index (χ0v) is 9.68. The molecule has 78 valence electrons. The molecule has 0 fully saturated rings. The predicted octanol–water partition coefficient (Wildman–Crippen LogP) is 0.631. The number of hydrogen-bond donors (Lipinski definition) is 2. The number of aliphatic hydroxyl groups is 1. The normalized spacial score (nSPS) is 11.6. The van der Waals surface area contributed by atoms with E-state index in [1.807, 2.05) is 0 Å². The molecule has 0 amide bonds. The monoisotopic (exact) mass is 279 g/mol. The summed E-state index contributed by atoms with van der Waals surface area (Å²) in [7, 11) is -3.70. The van der Waals surface area contributed by atoms with Crippen LogP contribution in [0.15, 0.2) is 27.6 Å². The second-order valence-electron chi connectivity index (χ2n) is 2.77. The fourth-order valence-electron chi connectivity index (χ4n) is 1.14. The van der Waals surface area contributed by atoms with E-state index in [0.29, 0.717) is 5.56 Å². The van der Waals surface area contributed by atoms with E-state index < -0.39 is 10.0 Å². The standard InChI is InChI=1S/C8H10BrNO3S/c9-7-1-2-8(14(10,12)13)6(5-7)3-4-11/h1-2,5,11H,3-4H2,(H2,10,12,13). The molecule has 0 bridgehead atoms. The van der Waals surface area contributed by atoms with Crippen molar-refractivity contribution in [2.75, 3.05) is 6.61 Å². The Balaban J connectivity index is 3.29. The van der Waals surface area contributed by atoms with E-state index in [1.165, 1.54) is 6.07 Å². The predicted molar refractivity (Wildman–Crippen MR) is 56.3 cm³/mol. The van der Waals surface area contributed by atoms with Crippen molar-refractivity contribution >= 4 is 26.0 Å². The minimum Gasteiger partial charge on any atom is -0.396 e. The Kier molecular flexibility index (Phi) is 3.65. The highest BCUT2D eigenvalue weighted by Crippen LogP contribution is 2.20. The molecule has 0 unspecified atom stereocenters. The number of nitrogens with two attached hydrogens (primary N) is 1. The summed E-state index contributed by atoms with van der Waals surface area (Å²) in [5.41, 5.74) is 0.518. The smallest absolute Gasteiger partial charge is 0.238 e. The molecule has 0 heterocycles. The van der Waals surface area contributed by atoms with Crippen LogP contribution in [-0.2, 0) is 16.4 Å². The third-order valence-corrected chi connectivity index (χ3v) is 3.21. The first-order chi connectivity index (χ1) is 6.45. The number of benzene rings is 1. The van der Waals surface area contributed by atoms with Crippen molar-refractivity contribution in [2.45, 2.75) is 11.3 Å². The quantitative estimate of drug-likeness (QED) is 0.852. The van der Waals surface area contributed by atoms with Gasteiger partial charge >= 0.3 is 0 Å². The van der Waals surface area contributed by atoms with E-state index in [9.17, 15) is 8.42 Å². The minimum absolute atomic E-state index is 0.0646. The lowest BCUT2D eigenvalue weighted by Gasteiger charge is -2.06. The number of primary sulfonamides is 1.